The summed E-state index contributed by atoms with van der Waals surface area (Å²) in [5.41, 5.74) is 3.32. The van der Waals surface area contributed by atoms with Gasteiger partial charge in [0.05, 0.1) is 7.11 Å². The van der Waals surface area contributed by atoms with E-state index in [4.69, 9.17) is 9.15 Å². The lowest BCUT2D eigenvalue weighted by molar-refractivity contribution is 0.415. The number of benzene rings is 1. The first-order chi connectivity index (χ1) is 8.76. The Bertz CT molecular complexity index is 687. The molecule has 0 fully saturated rings. The van der Waals surface area contributed by atoms with E-state index in [2.05, 4.69) is 9.97 Å². The van der Waals surface area contributed by atoms with Crippen LogP contribution in [0, 0.1) is 6.92 Å². The van der Waals surface area contributed by atoms with Crippen LogP contribution in [0.5, 0.6) is 5.75 Å². The monoisotopic (exact) mass is 240 g/mol. The van der Waals surface area contributed by atoms with Gasteiger partial charge < -0.3 is 9.15 Å². The molecule has 0 aliphatic heterocycles. The number of hydrogen-bond acceptors (Lipinski definition) is 4. The van der Waals surface area contributed by atoms with Crippen molar-refractivity contribution >= 4 is 11.2 Å². The molecule has 2 aromatic heterocycles. The Balaban J connectivity index is 2.07. The zero-order valence-corrected chi connectivity index (χ0v) is 10.2. The van der Waals surface area contributed by atoms with Crippen LogP contribution in [0.1, 0.15) is 5.56 Å². The minimum Gasteiger partial charge on any atom is -0.497 e. The lowest BCUT2D eigenvalue weighted by Gasteiger charge is -1.99. The van der Waals surface area contributed by atoms with Gasteiger partial charge in [-0.1, -0.05) is 0 Å². The molecule has 1 aromatic carbocycles. The van der Waals surface area contributed by atoms with Gasteiger partial charge in [-0.25, -0.2) is 9.97 Å². The average molecular weight is 240 g/mol. The minimum absolute atomic E-state index is 0.561. The Morgan fingerprint density at radius 2 is 1.94 bits per heavy atom. The highest BCUT2D eigenvalue weighted by atomic mass is 16.5. The molecule has 3 rings (SSSR count). The maximum atomic E-state index is 5.62. The summed E-state index contributed by atoms with van der Waals surface area (Å²) in [7, 11) is 1.64. The zero-order chi connectivity index (χ0) is 12.5. The number of rotatable bonds is 2. The topological polar surface area (TPSA) is 48.2 Å². The van der Waals surface area contributed by atoms with Crippen molar-refractivity contribution < 1.29 is 9.15 Å². The van der Waals surface area contributed by atoms with E-state index >= 15 is 0 Å². The number of aryl methyl sites for hydroxylation is 1. The van der Waals surface area contributed by atoms with Crippen molar-refractivity contribution in [2.45, 2.75) is 6.92 Å². The molecule has 0 atom stereocenters. The molecular formula is C14H12N2O2. The number of oxazole rings is 1. The maximum absolute atomic E-state index is 5.62. The highest BCUT2D eigenvalue weighted by molar-refractivity contribution is 5.73. The van der Waals surface area contributed by atoms with E-state index in [1.54, 1.807) is 13.3 Å². The van der Waals surface area contributed by atoms with E-state index in [1.807, 2.05) is 37.3 Å². The molecule has 18 heavy (non-hydrogen) atoms. The SMILES string of the molecule is COc1ccc(-c2nc3cc(C)cnc3o2)cc1. The highest BCUT2D eigenvalue weighted by Gasteiger charge is 2.09. The average Bonchev–Trinajstić information content (AvgIpc) is 2.81. The highest BCUT2D eigenvalue weighted by Crippen LogP contribution is 2.25. The van der Waals surface area contributed by atoms with Gasteiger partial charge in [0.2, 0.25) is 11.6 Å². The van der Waals surface area contributed by atoms with Crippen LogP contribution in [-0.2, 0) is 0 Å². The predicted molar refractivity (Wildman–Crippen MR) is 68.5 cm³/mol. The van der Waals surface area contributed by atoms with E-state index in [0.29, 0.717) is 11.6 Å². The second-order valence-corrected chi connectivity index (χ2v) is 4.08. The number of hydrogen-bond donors (Lipinski definition) is 0. The molecule has 0 bridgehead atoms. The lowest BCUT2D eigenvalue weighted by Crippen LogP contribution is -1.82. The summed E-state index contributed by atoms with van der Waals surface area (Å²) in [4.78, 5) is 8.64. The van der Waals surface area contributed by atoms with Gasteiger partial charge >= 0.3 is 0 Å². The summed E-state index contributed by atoms with van der Waals surface area (Å²) < 4.78 is 10.7. The molecular weight excluding hydrogens is 228 g/mol. The van der Waals surface area contributed by atoms with Crippen LogP contribution in [0.2, 0.25) is 0 Å². The van der Waals surface area contributed by atoms with Crippen molar-refractivity contribution in [3.05, 3.63) is 42.1 Å². The normalized spacial score (nSPS) is 10.8. The molecule has 0 unspecified atom stereocenters. The van der Waals surface area contributed by atoms with Crippen molar-refractivity contribution in [2.75, 3.05) is 7.11 Å². The van der Waals surface area contributed by atoms with Crippen LogP contribution in [0.4, 0.5) is 0 Å². The van der Waals surface area contributed by atoms with Crippen LogP contribution in [-0.4, -0.2) is 17.1 Å². The number of aromatic nitrogens is 2. The molecule has 90 valence electrons. The zero-order valence-electron chi connectivity index (χ0n) is 10.2. The quantitative estimate of drug-likeness (QED) is 0.690. The molecule has 0 saturated heterocycles. The summed E-state index contributed by atoms with van der Waals surface area (Å²) in [6, 6.07) is 9.54. The van der Waals surface area contributed by atoms with Gasteiger partial charge in [0.15, 0.2) is 0 Å². The van der Waals surface area contributed by atoms with Crippen molar-refractivity contribution in [2.24, 2.45) is 0 Å². The van der Waals surface area contributed by atoms with Gasteiger partial charge in [-0.05, 0) is 42.8 Å². The molecule has 2 heterocycles. The van der Waals surface area contributed by atoms with E-state index in [9.17, 15) is 0 Å². The van der Waals surface area contributed by atoms with Gasteiger partial charge in [0.1, 0.15) is 11.3 Å². The molecule has 0 amide bonds. The molecule has 0 aliphatic carbocycles. The first-order valence-electron chi connectivity index (χ1n) is 5.64. The van der Waals surface area contributed by atoms with Crippen molar-refractivity contribution in [1.82, 2.24) is 9.97 Å². The van der Waals surface area contributed by atoms with E-state index in [0.717, 1.165) is 22.4 Å². The molecule has 3 aromatic rings. The number of ether oxygens (including phenoxy) is 1. The fourth-order valence-electron chi connectivity index (χ4n) is 1.78. The summed E-state index contributed by atoms with van der Waals surface area (Å²) in [6.07, 6.45) is 1.77. The Morgan fingerprint density at radius 1 is 1.17 bits per heavy atom. The Kier molecular flexibility index (Phi) is 2.48. The van der Waals surface area contributed by atoms with Crippen LogP contribution < -0.4 is 4.74 Å². The van der Waals surface area contributed by atoms with Crippen molar-refractivity contribution in [1.29, 1.82) is 0 Å². The van der Waals surface area contributed by atoms with Crippen molar-refractivity contribution in [3.8, 4) is 17.2 Å². The van der Waals surface area contributed by atoms with Gasteiger partial charge in [-0.3, -0.25) is 0 Å². The van der Waals surface area contributed by atoms with Gasteiger partial charge in [-0.2, -0.15) is 0 Å². The summed E-state index contributed by atoms with van der Waals surface area (Å²) in [6.45, 7) is 1.98. The molecule has 4 heteroatoms. The summed E-state index contributed by atoms with van der Waals surface area (Å²) >= 11 is 0. The van der Waals surface area contributed by atoms with Crippen LogP contribution >= 0.6 is 0 Å². The standard InChI is InChI=1S/C14H12N2O2/c1-9-7-12-14(15-8-9)18-13(16-12)10-3-5-11(17-2)6-4-10/h3-8H,1-2H3. The third-order valence-electron chi connectivity index (χ3n) is 2.72. The lowest BCUT2D eigenvalue weighted by atomic mass is 10.2. The van der Waals surface area contributed by atoms with Gasteiger partial charge in [0.25, 0.3) is 0 Å². The van der Waals surface area contributed by atoms with Crippen LogP contribution in [0.3, 0.4) is 0 Å². The molecule has 0 radical (unpaired) electrons. The fraction of sp³-hybridized carbons (Fsp3) is 0.143. The molecule has 0 aliphatic rings. The number of pyridine rings is 1. The van der Waals surface area contributed by atoms with Crippen LogP contribution in [0.15, 0.2) is 40.9 Å². The first kappa shape index (κ1) is 10.8. The summed E-state index contributed by atoms with van der Waals surface area (Å²) in [5, 5.41) is 0. The second kappa shape index (κ2) is 4.14. The largest absolute Gasteiger partial charge is 0.497 e. The molecule has 0 saturated carbocycles. The fourth-order valence-corrected chi connectivity index (χ4v) is 1.78. The third kappa shape index (κ3) is 1.82. The Labute approximate surface area is 104 Å². The van der Waals surface area contributed by atoms with E-state index < -0.39 is 0 Å². The number of methoxy groups -OCH3 is 1. The molecule has 4 nitrogen and oxygen atoms in total. The second-order valence-electron chi connectivity index (χ2n) is 4.08. The number of fused-ring (bicyclic) bond motifs is 1. The van der Waals surface area contributed by atoms with E-state index in [-0.39, 0.29) is 0 Å². The Hall–Kier alpha value is -2.36. The van der Waals surface area contributed by atoms with Crippen LogP contribution in [0.25, 0.3) is 22.7 Å². The maximum Gasteiger partial charge on any atom is 0.247 e. The molecule has 0 spiro atoms. The van der Waals surface area contributed by atoms with E-state index in [1.165, 1.54) is 0 Å². The summed E-state index contributed by atoms with van der Waals surface area (Å²) in [5.74, 6) is 1.38. The predicted octanol–water partition coefficient (Wildman–Crippen LogP) is 3.21. The number of nitrogens with zero attached hydrogens (tertiary/aromatic N) is 2. The third-order valence-corrected chi connectivity index (χ3v) is 2.72. The minimum atomic E-state index is 0.561. The van der Waals surface area contributed by atoms with Gasteiger partial charge in [-0.15, -0.1) is 0 Å². The smallest absolute Gasteiger partial charge is 0.247 e. The van der Waals surface area contributed by atoms with Crippen molar-refractivity contribution in [3.63, 3.8) is 0 Å². The Morgan fingerprint density at radius 3 is 2.67 bits per heavy atom. The first-order valence-corrected chi connectivity index (χ1v) is 5.64. The molecule has 0 N–H and O–H groups in total. The van der Waals surface area contributed by atoms with Gasteiger partial charge in [0, 0.05) is 11.8 Å².